The van der Waals surface area contributed by atoms with Gasteiger partial charge in [0.15, 0.2) is 0 Å². The molecule has 1 aromatic heterocycles. The molecule has 0 fully saturated rings. The van der Waals surface area contributed by atoms with Gasteiger partial charge >= 0.3 is 0 Å². The predicted molar refractivity (Wildman–Crippen MR) is 63.1 cm³/mol. The van der Waals surface area contributed by atoms with Crippen molar-refractivity contribution in [2.24, 2.45) is 7.05 Å². The molecule has 0 bridgehead atoms. The fourth-order valence-electron chi connectivity index (χ4n) is 1.76. The van der Waals surface area contributed by atoms with Crippen LogP contribution < -0.4 is 0 Å². The Bertz CT molecular complexity index is 476. The highest BCUT2D eigenvalue weighted by molar-refractivity contribution is 5.26. The van der Waals surface area contributed by atoms with Gasteiger partial charge in [0.2, 0.25) is 0 Å². The molecule has 0 aliphatic carbocycles. The number of aliphatic hydroxyl groups is 1. The molecule has 0 amide bonds. The Morgan fingerprint density at radius 3 is 2.75 bits per heavy atom. The van der Waals surface area contributed by atoms with Crippen LogP contribution >= 0.6 is 0 Å². The standard InChI is InChI=1S/C13H16N2O/c1-10-5-3-4-6-11(10)7-13(16)12-8-15(2)9-14-12/h3-6,8-9,13,16H,7H2,1-2H3. The molecule has 84 valence electrons. The third-order valence-corrected chi connectivity index (χ3v) is 2.74. The van der Waals surface area contributed by atoms with Gasteiger partial charge in [0, 0.05) is 19.7 Å². The topological polar surface area (TPSA) is 38.0 Å². The minimum atomic E-state index is -0.526. The number of nitrogens with zero attached hydrogens (tertiary/aromatic N) is 2. The zero-order valence-electron chi connectivity index (χ0n) is 9.59. The average molecular weight is 216 g/mol. The summed E-state index contributed by atoms with van der Waals surface area (Å²) in [4.78, 5) is 4.15. The number of aliphatic hydroxyl groups excluding tert-OH is 1. The van der Waals surface area contributed by atoms with Crippen LogP contribution in [0.15, 0.2) is 36.8 Å². The molecule has 1 N–H and O–H groups in total. The van der Waals surface area contributed by atoms with Crippen LogP contribution in [0.4, 0.5) is 0 Å². The molecule has 1 aromatic carbocycles. The summed E-state index contributed by atoms with van der Waals surface area (Å²) in [5.74, 6) is 0. The second kappa shape index (κ2) is 4.49. The molecule has 0 aliphatic heterocycles. The van der Waals surface area contributed by atoms with Crippen molar-refractivity contribution in [3.8, 4) is 0 Å². The zero-order chi connectivity index (χ0) is 11.5. The number of benzene rings is 1. The Balaban J connectivity index is 2.13. The van der Waals surface area contributed by atoms with Gasteiger partial charge in [0.1, 0.15) is 6.10 Å². The Kier molecular flexibility index (Phi) is 3.06. The normalized spacial score (nSPS) is 12.7. The van der Waals surface area contributed by atoms with Gasteiger partial charge < -0.3 is 9.67 Å². The first-order chi connectivity index (χ1) is 7.66. The summed E-state index contributed by atoms with van der Waals surface area (Å²) in [5, 5.41) is 10.0. The van der Waals surface area contributed by atoms with E-state index in [-0.39, 0.29) is 0 Å². The van der Waals surface area contributed by atoms with E-state index in [1.165, 1.54) is 11.1 Å². The maximum absolute atomic E-state index is 10.0. The Morgan fingerprint density at radius 1 is 1.38 bits per heavy atom. The molecule has 1 atom stereocenters. The fourth-order valence-corrected chi connectivity index (χ4v) is 1.76. The van der Waals surface area contributed by atoms with Gasteiger partial charge in [-0.2, -0.15) is 0 Å². The minimum absolute atomic E-state index is 0.526. The molecule has 0 spiro atoms. The summed E-state index contributed by atoms with van der Waals surface area (Å²) in [5.41, 5.74) is 3.10. The van der Waals surface area contributed by atoms with Gasteiger partial charge in [-0.25, -0.2) is 4.98 Å². The summed E-state index contributed by atoms with van der Waals surface area (Å²) in [6.45, 7) is 2.06. The molecule has 16 heavy (non-hydrogen) atoms. The van der Waals surface area contributed by atoms with Gasteiger partial charge in [0.25, 0.3) is 0 Å². The van der Waals surface area contributed by atoms with Crippen LogP contribution in [0.5, 0.6) is 0 Å². The third kappa shape index (κ3) is 2.31. The van der Waals surface area contributed by atoms with Crippen molar-refractivity contribution in [2.45, 2.75) is 19.4 Å². The molecular weight excluding hydrogens is 200 g/mol. The number of aryl methyl sites for hydroxylation is 2. The number of aromatic nitrogens is 2. The van der Waals surface area contributed by atoms with Gasteiger partial charge in [-0.05, 0) is 18.1 Å². The van der Waals surface area contributed by atoms with Crippen LogP contribution in [-0.4, -0.2) is 14.7 Å². The Hall–Kier alpha value is -1.61. The van der Waals surface area contributed by atoms with E-state index in [1.54, 1.807) is 6.33 Å². The van der Waals surface area contributed by atoms with Crippen LogP contribution in [0.2, 0.25) is 0 Å². The lowest BCUT2D eigenvalue weighted by Crippen LogP contribution is -2.03. The van der Waals surface area contributed by atoms with Gasteiger partial charge in [-0.1, -0.05) is 24.3 Å². The predicted octanol–water partition coefficient (Wildman–Crippen LogP) is 2.00. The van der Waals surface area contributed by atoms with Crippen molar-refractivity contribution >= 4 is 0 Å². The van der Waals surface area contributed by atoms with Gasteiger partial charge in [-0.15, -0.1) is 0 Å². The van der Waals surface area contributed by atoms with Crippen molar-refractivity contribution in [3.05, 3.63) is 53.6 Å². The second-order valence-electron chi connectivity index (χ2n) is 4.11. The summed E-state index contributed by atoms with van der Waals surface area (Å²) < 4.78 is 1.84. The van der Waals surface area contributed by atoms with Crippen LogP contribution in [0.25, 0.3) is 0 Å². The summed E-state index contributed by atoms with van der Waals surface area (Å²) >= 11 is 0. The van der Waals surface area contributed by atoms with Crippen LogP contribution in [-0.2, 0) is 13.5 Å². The molecule has 3 heteroatoms. The molecule has 3 nitrogen and oxygen atoms in total. The quantitative estimate of drug-likeness (QED) is 0.852. The summed E-state index contributed by atoms with van der Waals surface area (Å²) in [6, 6.07) is 8.10. The highest BCUT2D eigenvalue weighted by Crippen LogP contribution is 2.18. The maximum atomic E-state index is 10.0. The lowest BCUT2D eigenvalue weighted by Gasteiger charge is -2.10. The SMILES string of the molecule is Cc1ccccc1CC(O)c1cn(C)cn1. The monoisotopic (exact) mass is 216 g/mol. The molecule has 2 rings (SSSR count). The van der Waals surface area contributed by atoms with E-state index in [9.17, 15) is 5.11 Å². The van der Waals surface area contributed by atoms with E-state index in [2.05, 4.69) is 18.0 Å². The maximum Gasteiger partial charge on any atom is 0.102 e. The molecule has 0 saturated heterocycles. The van der Waals surface area contributed by atoms with E-state index in [4.69, 9.17) is 0 Å². The van der Waals surface area contributed by atoms with Crippen molar-refractivity contribution in [3.63, 3.8) is 0 Å². The second-order valence-corrected chi connectivity index (χ2v) is 4.11. The molecule has 0 saturated carbocycles. The summed E-state index contributed by atoms with van der Waals surface area (Å²) in [6.07, 6.45) is 3.64. The van der Waals surface area contributed by atoms with Gasteiger partial charge in [0.05, 0.1) is 12.0 Å². The van der Waals surface area contributed by atoms with Crippen LogP contribution in [0, 0.1) is 6.92 Å². The average Bonchev–Trinajstić information content (AvgIpc) is 2.68. The first kappa shape index (κ1) is 10.9. The third-order valence-electron chi connectivity index (χ3n) is 2.74. The number of hydrogen-bond acceptors (Lipinski definition) is 2. The van der Waals surface area contributed by atoms with Crippen molar-refractivity contribution in [1.29, 1.82) is 0 Å². The van der Waals surface area contributed by atoms with Crippen LogP contribution in [0.3, 0.4) is 0 Å². The molecular formula is C13H16N2O. The molecule has 2 aromatic rings. The number of imidazole rings is 1. The van der Waals surface area contributed by atoms with Crippen molar-refractivity contribution in [1.82, 2.24) is 9.55 Å². The largest absolute Gasteiger partial charge is 0.386 e. The van der Waals surface area contributed by atoms with Crippen LogP contribution in [0.1, 0.15) is 22.9 Å². The lowest BCUT2D eigenvalue weighted by atomic mass is 10.0. The van der Waals surface area contributed by atoms with Crippen molar-refractivity contribution < 1.29 is 5.11 Å². The Morgan fingerprint density at radius 2 is 2.12 bits per heavy atom. The summed E-state index contributed by atoms with van der Waals surface area (Å²) in [7, 11) is 1.90. The fraction of sp³-hybridized carbons (Fsp3) is 0.308. The van der Waals surface area contributed by atoms with E-state index in [0.717, 1.165) is 5.69 Å². The number of hydrogen-bond donors (Lipinski definition) is 1. The smallest absolute Gasteiger partial charge is 0.102 e. The van der Waals surface area contributed by atoms with E-state index in [0.29, 0.717) is 6.42 Å². The highest BCUT2D eigenvalue weighted by Gasteiger charge is 2.11. The van der Waals surface area contributed by atoms with E-state index >= 15 is 0 Å². The van der Waals surface area contributed by atoms with E-state index < -0.39 is 6.10 Å². The minimum Gasteiger partial charge on any atom is -0.386 e. The van der Waals surface area contributed by atoms with Crippen molar-refractivity contribution in [2.75, 3.05) is 0 Å². The lowest BCUT2D eigenvalue weighted by molar-refractivity contribution is 0.174. The molecule has 1 unspecified atom stereocenters. The molecule has 0 aliphatic rings. The number of rotatable bonds is 3. The first-order valence-electron chi connectivity index (χ1n) is 5.37. The highest BCUT2D eigenvalue weighted by atomic mass is 16.3. The van der Waals surface area contributed by atoms with Gasteiger partial charge in [-0.3, -0.25) is 0 Å². The Labute approximate surface area is 95.4 Å². The zero-order valence-corrected chi connectivity index (χ0v) is 9.59. The molecule has 1 heterocycles. The van der Waals surface area contributed by atoms with E-state index in [1.807, 2.05) is 36.0 Å². The molecule has 0 radical (unpaired) electrons. The first-order valence-corrected chi connectivity index (χ1v) is 5.37.